The normalized spacial score (nSPS) is 12.9. The maximum atomic E-state index is 9.98. The summed E-state index contributed by atoms with van der Waals surface area (Å²) in [6.45, 7) is 8.31. The second-order valence-electron chi connectivity index (χ2n) is 5.16. The molecule has 0 aromatic heterocycles. The van der Waals surface area contributed by atoms with E-state index in [-0.39, 0.29) is 5.54 Å². The van der Waals surface area contributed by atoms with Gasteiger partial charge in [0.25, 0.3) is 0 Å². The van der Waals surface area contributed by atoms with Gasteiger partial charge in [0.1, 0.15) is 0 Å². The highest BCUT2D eigenvalue weighted by atomic mass is 35.5. The van der Waals surface area contributed by atoms with Crippen LogP contribution >= 0.6 is 11.6 Å². The summed E-state index contributed by atoms with van der Waals surface area (Å²) in [5.74, 6) is 0. The van der Waals surface area contributed by atoms with Crippen LogP contribution in [0.5, 0.6) is 0 Å². The quantitative estimate of drug-likeness (QED) is 0.850. The Hall–Kier alpha value is -0.570. The van der Waals surface area contributed by atoms with Crippen molar-refractivity contribution in [1.29, 1.82) is 0 Å². The van der Waals surface area contributed by atoms with Gasteiger partial charge in [-0.05, 0) is 45.4 Å². The van der Waals surface area contributed by atoms with Crippen molar-refractivity contribution in [3.8, 4) is 0 Å². The predicted octanol–water partition coefficient (Wildman–Crippen LogP) is 2.98. The number of aliphatic hydroxyl groups is 1. The molecule has 0 amide bonds. The zero-order valence-electron chi connectivity index (χ0n) is 10.3. The Morgan fingerprint density at radius 3 is 2.06 bits per heavy atom. The van der Waals surface area contributed by atoms with Gasteiger partial charge in [-0.3, -0.25) is 0 Å². The Morgan fingerprint density at radius 1 is 1.12 bits per heavy atom. The van der Waals surface area contributed by atoms with Gasteiger partial charge in [0.15, 0.2) is 0 Å². The summed E-state index contributed by atoms with van der Waals surface area (Å²) in [5.41, 5.74) is 0.0493. The Balaban J connectivity index is 2.61. The highest BCUT2D eigenvalue weighted by Crippen LogP contribution is 2.21. The van der Waals surface area contributed by atoms with Crippen LogP contribution in [0, 0.1) is 0 Å². The first kappa shape index (κ1) is 13.5. The molecule has 1 aromatic rings. The third kappa shape index (κ3) is 3.48. The molecule has 0 spiro atoms. The van der Waals surface area contributed by atoms with Gasteiger partial charge in [0, 0.05) is 17.1 Å². The predicted molar refractivity (Wildman–Crippen MR) is 68.7 cm³/mol. The summed E-state index contributed by atoms with van der Waals surface area (Å²) >= 11 is 5.81. The minimum absolute atomic E-state index is 0.341. The molecule has 3 heteroatoms. The van der Waals surface area contributed by atoms with Crippen LogP contribution in [0.4, 0.5) is 0 Å². The first-order valence-electron chi connectivity index (χ1n) is 5.44. The van der Waals surface area contributed by atoms with Crippen molar-refractivity contribution >= 4 is 11.6 Å². The molecule has 0 saturated carbocycles. The Kier molecular flexibility index (Phi) is 4.00. The molecule has 0 bridgehead atoms. The van der Waals surface area contributed by atoms with E-state index in [4.69, 9.17) is 11.6 Å². The van der Waals surface area contributed by atoms with E-state index >= 15 is 0 Å². The molecule has 2 N–H and O–H groups in total. The number of nitrogens with one attached hydrogen (secondary N) is 1. The summed E-state index contributed by atoms with van der Waals surface area (Å²) in [6, 6.07) is 7.71. The molecular weight excluding hydrogens is 222 g/mol. The van der Waals surface area contributed by atoms with Gasteiger partial charge in [-0.2, -0.15) is 0 Å². The molecule has 0 fully saturated rings. The summed E-state index contributed by atoms with van der Waals surface area (Å²) in [7, 11) is 0. The second-order valence-corrected chi connectivity index (χ2v) is 5.60. The number of rotatable bonds is 4. The molecule has 0 atom stereocenters. The lowest BCUT2D eigenvalue weighted by atomic mass is 9.86. The average Bonchev–Trinajstić information content (AvgIpc) is 2.15. The lowest BCUT2D eigenvalue weighted by molar-refractivity contribution is -0.00531. The number of hydrogen-bond donors (Lipinski definition) is 2. The molecule has 0 radical (unpaired) electrons. The molecule has 1 aromatic carbocycles. The van der Waals surface area contributed by atoms with Crippen LogP contribution in [-0.4, -0.2) is 16.2 Å². The molecule has 90 valence electrons. The molecule has 0 unspecified atom stereocenters. The largest absolute Gasteiger partial charge is 0.389 e. The fourth-order valence-electron chi connectivity index (χ4n) is 1.14. The monoisotopic (exact) mass is 241 g/mol. The van der Waals surface area contributed by atoms with Gasteiger partial charge in [0.2, 0.25) is 0 Å². The Labute approximate surface area is 103 Å². The van der Waals surface area contributed by atoms with Gasteiger partial charge in [-0.15, -0.1) is 0 Å². The summed E-state index contributed by atoms with van der Waals surface area (Å²) in [4.78, 5) is 0. The van der Waals surface area contributed by atoms with Crippen molar-refractivity contribution in [2.75, 3.05) is 0 Å². The van der Waals surface area contributed by atoms with Crippen molar-refractivity contribution in [1.82, 2.24) is 5.32 Å². The van der Waals surface area contributed by atoms with E-state index in [1.165, 1.54) is 0 Å². The SMILES string of the molecule is CC(C)(O)C(C)(C)NCc1ccc(Cl)cc1. The molecular formula is C13H20ClNO. The number of halogens is 1. The molecule has 16 heavy (non-hydrogen) atoms. The van der Waals surface area contributed by atoms with Crippen LogP contribution in [0.3, 0.4) is 0 Å². The molecule has 2 nitrogen and oxygen atoms in total. The van der Waals surface area contributed by atoms with Gasteiger partial charge >= 0.3 is 0 Å². The third-order valence-electron chi connectivity index (χ3n) is 3.18. The molecule has 0 saturated heterocycles. The zero-order valence-corrected chi connectivity index (χ0v) is 11.1. The fourth-order valence-corrected chi connectivity index (χ4v) is 1.27. The fraction of sp³-hybridized carbons (Fsp3) is 0.538. The first-order valence-corrected chi connectivity index (χ1v) is 5.82. The van der Waals surface area contributed by atoms with E-state index in [1.807, 2.05) is 52.0 Å². The van der Waals surface area contributed by atoms with Gasteiger partial charge in [0.05, 0.1) is 5.60 Å². The van der Waals surface area contributed by atoms with E-state index in [0.29, 0.717) is 6.54 Å². The van der Waals surface area contributed by atoms with Crippen molar-refractivity contribution in [2.24, 2.45) is 0 Å². The van der Waals surface area contributed by atoms with Crippen LogP contribution in [0.15, 0.2) is 24.3 Å². The first-order chi connectivity index (χ1) is 7.22. The van der Waals surface area contributed by atoms with E-state index < -0.39 is 5.60 Å². The molecule has 0 heterocycles. The van der Waals surface area contributed by atoms with Crippen LogP contribution in [0.25, 0.3) is 0 Å². The minimum Gasteiger partial charge on any atom is -0.389 e. The highest BCUT2D eigenvalue weighted by molar-refractivity contribution is 6.30. The van der Waals surface area contributed by atoms with E-state index in [0.717, 1.165) is 10.6 Å². The zero-order chi connectivity index (χ0) is 12.4. The van der Waals surface area contributed by atoms with E-state index in [9.17, 15) is 5.11 Å². The van der Waals surface area contributed by atoms with Crippen molar-refractivity contribution in [2.45, 2.75) is 45.4 Å². The lowest BCUT2D eigenvalue weighted by Gasteiger charge is -2.38. The van der Waals surface area contributed by atoms with Crippen molar-refractivity contribution in [3.05, 3.63) is 34.9 Å². The number of hydrogen-bond acceptors (Lipinski definition) is 2. The van der Waals surface area contributed by atoms with Gasteiger partial charge in [-0.1, -0.05) is 23.7 Å². The molecule has 1 rings (SSSR count). The van der Waals surface area contributed by atoms with Crippen molar-refractivity contribution in [3.63, 3.8) is 0 Å². The molecule has 0 aliphatic rings. The Morgan fingerprint density at radius 2 is 1.62 bits per heavy atom. The maximum Gasteiger partial charge on any atom is 0.0767 e. The van der Waals surface area contributed by atoms with Gasteiger partial charge in [-0.25, -0.2) is 0 Å². The summed E-state index contributed by atoms with van der Waals surface area (Å²) < 4.78 is 0. The average molecular weight is 242 g/mol. The molecule has 0 aliphatic carbocycles. The van der Waals surface area contributed by atoms with E-state index in [1.54, 1.807) is 0 Å². The topological polar surface area (TPSA) is 32.3 Å². The second kappa shape index (κ2) is 4.74. The maximum absolute atomic E-state index is 9.98. The molecule has 0 aliphatic heterocycles. The number of benzene rings is 1. The van der Waals surface area contributed by atoms with Crippen molar-refractivity contribution < 1.29 is 5.11 Å². The Bertz CT molecular complexity index is 338. The standard InChI is InChI=1S/C13H20ClNO/c1-12(2,13(3,4)16)15-9-10-5-7-11(14)8-6-10/h5-8,15-16H,9H2,1-4H3. The summed E-state index contributed by atoms with van der Waals surface area (Å²) in [5, 5.41) is 14.1. The lowest BCUT2D eigenvalue weighted by Crippen LogP contribution is -2.55. The minimum atomic E-state index is -0.764. The third-order valence-corrected chi connectivity index (χ3v) is 3.43. The van der Waals surface area contributed by atoms with E-state index in [2.05, 4.69) is 5.32 Å². The van der Waals surface area contributed by atoms with Crippen LogP contribution < -0.4 is 5.32 Å². The van der Waals surface area contributed by atoms with Gasteiger partial charge < -0.3 is 10.4 Å². The van der Waals surface area contributed by atoms with Crippen LogP contribution in [0.2, 0.25) is 5.02 Å². The summed E-state index contributed by atoms with van der Waals surface area (Å²) in [6.07, 6.45) is 0. The highest BCUT2D eigenvalue weighted by Gasteiger charge is 2.34. The van der Waals surface area contributed by atoms with Crippen LogP contribution in [-0.2, 0) is 6.54 Å². The smallest absolute Gasteiger partial charge is 0.0767 e. The van der Waals surface area contributed by atoms with Crippen LogP contribution in [0.1, 0.15) is 33.3 Å².